The Balaban J connectivity index is 1.72. The minimum absolute atomic E-state index is 0.0884. The van der Waals surface area contributed by atoms with E-state index in [4.69, 9.17) is 11.6 Å². The number of thioether (sulfide) groups is 1. The van der Waals surface area contributed by atoms with Gasteiger partial charge in [0.05, 0.1) is 11.3 Å². The summed E-state index contributed by atoms with van der Waals surface area (Å²) in [5, 5.41) is 10.6. The fourth-order valence-electron chi connectivity index (χ4n) is 2.43. The molecular weight excluding hydrogens is 364 g/mol. The molecule has 0 saturated carbocycles. The van der Waals surface area contributed by atoms with Gasteiger partial charge in [0, 0.05) is 28.3 Å². The zero-order valence-electron chi connectivity index (χ0n) is 13.9. The van der Waals surface area contributed by atoms with Crippen LogP contribution in [0.25, 0.3) is 11.3 Å². The van der Waals surface area contributed by atoms with E-state index < -0.39 is 0 Å². The first-order valence-corrected chi connectivity index (χ1v) is 9.42. The van der Waals surface area contributed by atoms with Crippen molar-refractivity contribution in [2.45, 2.75) is 11.4 Å². The molecule has 3 nitrogen and oxygen atoms in total. The molecule has 0 spiro atoms. The van der Waals surface area contributed by atoms with Crippen molar-refractivity contribution in [2.24, 2.45) is 0 Å². The monoisotopic (exact) mass is 378 g/mol. The molecular formula is C21H15ClN2OS. The highest BCUT2D eigenvalue weighted by molar-refractivity contribution is 7.99. The van der Waals surface area contributed by atoms with E-state index in [2.05, 4.69) is 11.1 Å². The van der Waals surface area contributed by atoms with Crippen LogP contribution in [-0.2, 0) is 0 Å². The first-order valence-electron chi connectivity index (χ1n) is 8.05. The van der Waals surface area contributed by atoms with Gasteiger partial charge in [-0.05, 0) is 24.3 Å². The zero-order chi connectivity index (χ0) is 18.4. The number of pyridine rings is 1. The van der Waals surface area contributed by atoms with E-state index in [9.17, 15) is 10.1 Å². The van der Waals surface area contributed by atoms with E-state index >= 15 is 0 Å². The Hall–Kier alpha value is -2.61. The number of hydrogen-bond acceptors (Lipinski definition) is 4. The minimum atomic E-state index is 0.0884. The third-order valence-corrected chi connectivity index (χ3v) is 5.03. The smallest absolute Gasteiger partial charge is 0.163 e. The summed E-state index contributed by atoms with van der Waals surface area (Å²) in [6, 6.07) is 22.4. The molecule has 5 heteroatoms. The van der Waals surface area contributed by atoms with Crippen LogP contribution >= 0.6 is 23.4 Å². The lowest BCUT2D eigenvalue weighted by Gasteiger charge is -2.07. The molecule has 0 N–H and O–H groups in total. The number of benzene rings is 2. The highest BCUT2D eigenvalue weighted by Gasteiger charge is 2.10. The van der Waals surface area contributed by atoms with Gasteiger partial charge in [-0.2, -0.15) is 5.26 Å². The number of nitriles is 1. The van der Waals surface area contributed by atoms with E-state index in [1.807, 2.05) is 60.7 Å². The summed E-state index contributed by atoms with van der Waals surface area (Å²) in [6.45, 7) is 0. The minimum Gasteiger partial charge on any atom is -0.294 e. The van der Waals surface area contributed by atoms with Crippen molar-refractivity contribution < 1.29 is 4.79 Å². The predicted molar refractivity (Wildman–Crippen MR) is 106 cm³/mol. The molecule has 1 aromatic heterocycles. The summed E-state index contributed by atoms with van der Waals surface area (Å²) >= 11 is 7.35. The molecule has 3 aromatic rings. The molecule has 0 radical (unpaired) electrons. The molecule has 0 bridgehead atoms. The van der Waals surface area contributed by atoms with Crippen molar-refractivity contribution in [1.82, 2.24) is 4.98 Å². The summed E-state index contributed by atoms with van der Waals surface area (Å²) in [5.74, 6) is 0.657. The van der Waals surface area contributed by atoms with Gasteiger partial charge in [-0.3, -0.25) is 4.79 Å². The van der Waals surface area contributed by atoms with Crippen molar-refractivity contribution in [2.75, 3.05) is 5.75 Å². The van der Waals surface area contributed by atoms with E-state index in [-0.39, 0.29) is 5.78 Å². The fourth-order valence-corrected chi connectivity index (χ4v) is 3.46. The summed E-state index contributed by atoms with van der Waals surface area (Å²) in [7, 11) is 0. The Kier molecular flexibility index (Phi) is 6.06. The van der Waals surface area contributed by atoms with E-state index in [1.165, 1.54) is 11.8 Å². The maximum absolute atomic E-state index is 12.2. The number of rotatable bonds is 6. The third kappa shape index (κ3) is 4.51. The van der Waals surface area contributed by atoms with Gasteiger partial charge in [0.25, 0.3) is 0 Å². The zero-order valence-corrected chi connectivity index (χ0v) is 15.4. The van der Waals surface area contributed by atoms with Gasteiger partial charge in [-0.1, -0.05) is 54.1 Å². The van der Waals surface area contributed by atoms with Gasteiger partial charge >= 0.3 is 0 Å². The molecule has 1 heterocycles. The van der Waals surface area contributed by atoms with Gasteiger partial charge in [0.1, 0.15) is 11.1 Å². The second-order valence-corrected chi connectivity index (χ2v) is 7.08. The molecule has 128 valence electrons. The van der Waals surface area contributed by atoms with Crippen LogP contribution in [0.2, 0.25) is 5.02 Å². The Bertz CT molecular complexity index is 950. The molecule has 26 heavy (non-hydrogen) atoms. The number of hydrogen-bond donors (Lipinski definition) is 0. The summed E-state index contributed by atoms with van der Waals surface area (Å²) in [4.78, 5) is 16.8. The van der Waals surface area contributed by atoms with Crippen LogP contribution in [0.3, 0.4) is 0 Å². The molecule has 0 aliphatic carbocycles. The molecule has 0 aliphatic rings. The number of aromatic nitrogens is 1. The van der Waals surface area contributed by atoms with Gasteiger partial charge in [-0.15, -0.1) is 11.8 Å². The molecule has 0 amide bonds. The van der Waals surface area contributed by atoms with Gasteiger partial charge < -0.3 is 0 Å². The Morgan fingerprint density at radius 1 is 1.04 bits per heavy atom. The average molecular weight is 379 g/mol. The van der Waals surface area contributed by atoms with Crippen LogP contribution in [-0.4, -0.2) is 16.5 Å². The highest BCUT2D eigenvalue weighted by Crippen LogP contribution is 2.26. The van der Waals surface area contributed by atoms with Crippen molar-refractivity contribution in [3.8, 4) is 17.3 Å². The average Bonchev–Trinajstić information content (AvgIpc) is 2.69. The second kappa shape index (κ2) is 8.66. The number of Topliss-reactive ketones (excluding diaryl/α,β-unsaturated/α-hetero) is 1. The van der Waals surface area contributed by atoms with E-state index in [1.54, 1.807) is 6.07 Å². The maximum atomic E-state index is 12.2. The molecule has 0 aliphatic heterocycles. The standard InChI is InChI=1S/C21H15ClN2OS/c22-18-9-6-15(7-10-18)19-11-8-17(14-23)21(24-19)26-13-12-20(25)16-4-2-1-3-5-16/h1-11H,12-13H2. The molecule has 0 saturated heterocycles. The third-order valence-electron chi connectivity index (χ3n) is 3.78. The van der Waals surface area contributed by atoms with Crippen LogP contribution in [0.5, 0.6) is 0 Å². The number of nitrogens with zero attached hydrogens (tertiary/aromatic N) is 2. The van der Waals surface area contributed by atoms with Gasteiger partial charge in [0.15, 0.2) is 5.78 Å². The van der Waals surface area contributed by atoms with Crippen molar-refractivity contribution in [3.63, 3.8) is 0 Å². The van der Waals surface area contributed by atoms with Crippen LogP contribution in [0.1, 0.15) is 22.3 Å². The normalized spacial score (nSPS) is 10.3. The Labute approximate surface area is 161 Å². The van der Waals surface area contributed by atoms with Gasteiger partial charge in [0.2, 0.25) is 0 Å². The largest absolute Gasteiger partial charge is 0.294 e. The van der Waals surface area contributed by atoms with E-state index in [0.717, 1.165) is 11.3 Å². The predicted octanol–water partition coefficient (Wildman–Crippen LogP) is 5.64. The van der Waals surface area contributed by atoms with Crippen molar-refractivity contribution in [3.05, 3.63) is 82.9 Å². The topological polar surface area (TPSA) is 53.8 Å². The van der Waals surface area contributed by atoms with Crippen LogP contribution in [0.15, 0.2) is 71.8 Å². The van der Waals surface area contributed by atoms with Crippen molar-refractivity contribution in [1.29, 1.82) is 5.26 Å². The number of halogens is 1. The molecule has 0 fully saturated rings. The first kappa shape index (κ1) is 18.2. The maximum Gasteiger partial charge on any atom is 0.163 e. The summed E-state index contributed by atoms with van der Waals surface area (Å²) in [5.41, 5.74) is 2.93. The Morgan fingerprint density at radius 3 is 2.46 bits per heavy atom. The molecule has 2 aromatic carbocycles. The Morgan fingerprint density at radius 2 is 1.77 bits per heavy atom. The first-order chi connectivity index (χ1) is 12.7. The molecule has 0 atom stereocenters. The lowest BCUT2D eigenvalue weighted by Crippen LogP contribution is -2.00. The quantitative estimate of drug-likeness (QED) is 0.411. The lowest BCUT2D eigenvalue weighted by molar-refractivity contribution is 0.0989. The second-order valence-electron chi connectivity index (χ2n) is 5.56. The summed E-state index contributed by atoms with van der Waals surface area (Å²) in [6.07, 6.45) is 0.395. The number of carbonyl (C=O) groups excluding carboxylic acids is 1. The van der Waals surface area contributed by atoms with E-state index in [0.29, 0.717) is 33.3 Å². The fraction of sp³-hybridized carbons (Fsp3) is 0.0952. The molecule has 0 unspecified atom stereocenters. The highest BCUT2D eigenvalue weighted by atomic mass is 35.5. The summed E-state index contributed by atoms with van der Waals surface area (Å²) < 4.78 is 0. The van der Waals surface area contributed by atoms with Gasteiger partial charge in [-0.25, -0.2) is 4.98 Å². The van der Waals surface area contributed by atoms with Crippen molar-refractivity contribution >= 4 is 29.1 Å². The number of carbonyl (C=O) groups is 1. The van der Waals surface area contributed by atoms with Crippen LogP contribution in [0, 0.1) is 11.3 Å². The SMILES string of the molecule is N#Cc1ccc(-c2ccc(Cl)cc2)nc1SCCC(=O)c1ccccc1. The lowest BCUT2D eigenvalue weighted by atomic mass is 10.1. The van der Waals surface area contributed by atoms with Crippen LogP contribution < -0.4 is 0 Å². The van der Waals surface area contributed by atoms with Crippen LogP contribution in [0.4, 0.5) is 0 Å². The number of ketones is 1. The molecule has 3 rings (SSSR count).